The Hall–Kier alpha value is -2.76. The molecule has 0 aliphatic carbocycles. The number of para-hydroxylation sites is 1. The lowest BCUT2D eigenvalue weighted by molar-refractivity contribution is 0.0687. The molecule has 1 aromatic carbocycles. The van der Waals surface area contributed by atoms with Crippen LogP contribution in [0.3, 0.4) is 0 Å². The van der Waals surface area contributed by atoms with Gasteiger partial charge < -0.3 is 19.9 Å². The third-order valence-corrected chi connectivity index (χ3v) is 2.62. The summed E-state index contributed by atoms with van der Waals surface area (Å²) in [5, 5.41) is 18.3. The van der Waals surface area contributed by atoms with E-state index in [-0.39, 0.29) is 5.69 Å². The monoisotopic (exact) mass is 261 g/mol. The van der Waals surface area contributed by atoms with Crippen LogP contribution in [0, 0.1) is 0 Å². The van der Waals surface area contributed by atoms with Crippen LogP contribution in [0.5, 0.6) is 11.5 Å². The Balaban J connectivity index is 2.70. The molecule has 2 rings (SSSR count). The fourth-order valence-electron chi connectivity index (χ4n) is 1.72. The smallest absolute Gasteiger partial charge is 0.356 e. The molecule has 0 aliphatic heterocycles. The lowest BCUT2D eigenvalue weighted by atomic mass is 10.1. The second kappa shape index (κ2) is 4.85. The summed E-state index contributed by atoms with van der Waals surface area (Å²) in [4.78, 5) is 25.0. The molecule has 3 N–H and O–H groups in total. The number of H-pyrrole nitrogens is 1. The van der Waals surface area contributed by atoms with Crippen LogP contribution in [0.25, 0.3) is 11.3 Å². The molecular formula is C13H11NO5. The van der Waals surface area contributed by atoms with Crippen molar-refractivity contribution < 1.29 is 19.7 Å². The Morgan fingerprint density at radius 2 is 2.00 bits per heavy atom. The largest absolute Gasteiger partial charge is 0.502 e. The van der Waals surface area contributed by atoms with Gasteiger partial charge in [0.1, 0.15) is 5.75 Å². The van der Waals surface area contributed by atoms with Crippen molar-refractivity contribution >= 4 is 5.97 Å². The first-order chi connectivity index (χ1) is 9.04. The molecule has 6 nitrogen and oxygen atoms in total. The number of aromatic carboxylic acids is 1. The molecule has 0 aliphatic rings. The number of hydrogen-bond acceptors (Lipinski definition) is 4. The molecule has 0 saturated heterocycles. The van der Waals surface area contributed by atoms with Gasteiger partial charge in [-0.25, -0.2) is 4.79 Å². The van der Waals surface area contributed by atoms with Gasteiger partial charge in [-0.05, 0) is 12.1 Å². The van der Waals surface area contributed by atoms with Gasteiger partial charge in [-0.1, -0.05) is 12.1 Å². The molecule has 0 saturated carbocycles. The highest BCUT2D eigenvalue weighted by Gasteiger charge is 2.16. The van der Waals surface area contributed by atoms with Crippen molar-refractivity contribution in [2.45, 2.75) is 0 Å². The van der Waals surface area contributed by atoms with Crippen LogP contribution in [0.2, 0.25) is 0 Å². The third-order valence-electron chi connectivity index (χ3n) is 2.62. The molecule has 0 unspecified atom stereocenters. The van der Waals surface area contributed by atoms with E-state index in [9.17, 15) is 14.7 Å². The molecule has 0 spiro atoms. The highest BCUT2D eigenvalue weighted by Crippen LogP contribution is 2.28. The van der Waals surface area contributed by atoms with E-state index >= 15 is 0 Å². The van der Waals surface area contributed by atoms with Gasteiger partial charge in [0.25, 0.3) is 0 Å². The zero-order chi connectivity index (χ0) is 14.0. The topological polar surface area (TPSA) is 99.6 Å². The minimum atomic E-state index is -1.41. The number of methoxy groups -OCH3 is 1. The maximum Gasteiger partial charge on any atom is 0.356 e. The number of carboxylic acids is 1. The van der Waals surface area contributed by atoms with Crippen LogP contribution >= 0.6 is 0 Å². The third kappa shape index (κ3) is 2.28. The van der Waals surface area contributed by atoms with Gasteiger partial charge in [-0.15, -0.1) is 0 Å². The maximum absolute atomic E-state index is 11.6. The van der Waals surface area contributed by atoms with E-state index in [0.29, 0.717) is 11.3 Å². The normalized spacial score (nSPS) is 10.2. The number of benzene rings is 1. The summed E-state index contributed by atoms with van der Waals surface area (Å²) < 4.78 is 5.14. The van der Waals surface area contributed by atoms with Gasteiger partial charge in [0, 0.05) is 11.6 Å². The summed E-state index contributed by atoms with van der Waals surface area (Å²) >= 11 is 0. The minimum Gasteiger partial charge on any atom is -0.502 e. The SMILES string of the molecule is COc1ccccc1-c1cc(=O)c(O)c(C(=O)O)[nH]1. The number of ether oxygens (including phenoxy) is 1. The second-order valence-electron chi connectivity index (χ2n) is 3.78. The van der Waals surface area contributed by atoms with E-state index < -0.39 is 22.8 Å². The first-order valence-corrected chi connectivity index (χ1v) is 5.37. The lowest BCUT2D eigenvalue weighted by Crippen LogP contribution is -2.11. The molecule has 0 atom stereocenters. The van der Waals surface area contributed by atoms with Gasteiger partial charge in [-0.3, -0.25) is 4.79 Å². The first kappa shape index (κ1) is 12.7. The van der Waals surface area contributed by atoms with Gasteiger partial charge >= 0.3 is 5.97 Å². The average molecular weight is 261 g/mol. The van der Waals surface area contributed by atoms with Crippen molar-refractivity contribution in [3.8, 4) is 22.8 Å². The highest BCUT2D eigenvalue weighted by atomic mass is 16.5. The van der Waals surface area contributed by atoms with Gasteiger partial charge in [0.15, 0.2) is 11.4 Å². The molecule has 0 bridgehead atoms. The van der Waals surface area contributed by atoms with Crippen molar-refractivity contribution in [1.82, 2.24) is 4.98 Å². The predicted octanol–water partition coefficient (Wildman–Crippen LogP) is 1.45. The summed E-state index contributed by atoms with van der Waals surface area (Å²) in [6.45, 7) is 0. The highest BCUT2D eigenvalue weighted by molar-refractivity contribution is 5.89. The summed E-state index contributed by atoms with van der Waals surface area (Å²) in [6, 6.07) is 7.95. The minimum absolute atomic E-state index is 0.262. The standard InChI is InChI=1S/C13H11NO5/c1-19-10-5-3-2-4-7(10)8-6-9(15)12(16)11(14-8)13(17)18/h2-6,16H,1H3,(H,14,15)(H,17,18). The molecule has 0 fully saturated rings. The quantitative estimate of drug-likeness (QED) is 0.776. The van der Waals surface area contributed by atoms with E-state index in [1.165, 1.54) is 7.11 Å². The Bertz CT molecular complexity index is 690. The Morgan fingerprint density at radius 1 is 1.32 bits per heavy atom. The first-order valence-electron chi connectivity index (χ1n) is 5.37. The maximum atomic E-state index is 11.6. The number of hydrogen-bond donors (Lipinski definition) is 3. The number of aromatic hydroxyl groups is 1. The molecule has 0 amide bonds. The Kier molecular flexibility index (Phi) is 3.24. The molecule has 1 heterocycles. The molecule has 1 aromatic heterocycles. The summed E-state index contributed by atoms with van der Waals surface area (Å²) in [7, 11) is 1.47. The van der Waals surface area contributed by atoms with Crippen LogP contribution in [0.15, 0.2) is 35.1 Å². The number of rotatable bonds is 3. The van der Waals surface area contributed by atoms with Crippen molar-refractivity contribution in [3.05, 3.63) is 46.2 Å². The van der Waals surface area contributed by atoms with E-state index in [1.807, 2.05) is 0 Å². The fraction of sp³-hybridized carbons (Fsp3) is 0.0769. The lowest BCUT2D eigenvalue weighted by Gasteiger charge is -2.09. The number of aromatic nitrogens is 1. The van der Waals surface area contributed by atoms with Crippen LogP contribution in [0.4, 0.5) is 0 Å². The van der Waals surface area contributed by atoms with E-state index in [4.69, 9.17) is 9.84 Å². The van der Waals surface area contributed by atoms with Crippen molar-refractivity contribution in [2.24, 2.45) is 0 Å². The number of aromatic amines is 1. The van der Waals surface area contributed by atoms with Gasteiger partial charge in [0.05, 0.1) is 12.8 Å². The average Bonchev–Trinajstić information content (AvgIpc) is 2.41. The van der Waals surface area contributed by atoms with Crippen molar-refractivity contribution in [2.75, 3.05) is 7.11 Å². The van der Waals surface area contributed by atoms with Gasteiger partial charge in [-0.2, -0.15) is 0 Å². The van der Waals surface area contributed by atoms with Crippen molar-refractivity contribution in [1.29, 1.82) is 0 Å². The molecule has 98 valence electrons. The molecule has 19 heavy (non-hydrogen) atoms. The molecular weight excluding hydrogens is 250 g/mol. The van der Waals surface area contributed by atoms with Crippen LogP contribution in [-0.2, 0) is 0 Å². The van der Waals surface area contributed by atoms with Crippen LogP contribution in [-0.4, -0.2) is 28.3 Å². The van der Waals surface area contributed by atoms with Crippen LogP contribution < -0.4 is 10.2 Å². The summed E-state index contributed by atoms with van der Waals surface area (Å²) in [5.41, 5.74) is -0.521. The Morgan fingerprint density at radius 3 is 2.63 bits per heavy atom. The Labute approximate surface area is 107 Å². The zero-order valence-corrected chi connectivity index (χ0v) is 10.0. The van der Waals surface area contributed by atoms with Crippen molar-refractivity contribution in [3.63, 3.8) is 0 Å². The summed E-state index contributed by atoms with van der Waals surface area (Å²) in [5.74, 6) is -1.74. The molecule has 2 aromatic rings. The summed E-state index contributed by atoms with van der Waals surface area (Å²) in [6.07, 6.45) is 0. The molecule has 0 radical (unpaired) electrons. The number of carbonyl (C=O) groups is 1. The van der Waals surface area contributed by atoms with Crippen LogP contribution in [0.1, 0.15) is 10.5 Å². The van der Waals surface area contributed by atoms with E-state index in [1.54, 1.807) is 24.3 Å². The zero-order valence-electron chi connectivity index (χ0n) is 10.0. The number of nitrogens with one attached hydrogen (secondary N) is 1. The van der Waals surface area contributed by atoms with Gasteiger partial charge in [0.2, 0.25) is 5.43 Å². The fourth-order valence-corrected chi connectivity index (χ4v) is 1.72. The predicted molar refractivity (Wildman–Crippen MR) is 67.7 cm³/mol. The van der Waals surface area contributed by atoms with E-state index in [2.05, 4.69) is 4.98 Å². The number of carboxylic acid groups (broad SMARTS) is 1. The number of pyridine rings is 1. The second-order valence-corrected chi connectivity index (χ2v) is 3.78. The van der Waals surface area contributed by atoms with E-state index in [0.717, 1.165) is 6.07 Å². The molecule has 6 heteroatoms.